The maximum atomic E-state index is 10.9. The van der Waals surface area contributed by atoms with E-state index in [1.807, 2.05) is 12.1 Å². The van der Waals surface area contributed by atoms with Gasteiger partial charge in [0.1, 0.15) is 0 Å². The highest BCUT2D eigenvalue weighted by atomic mass is 35.5. The molecule has 0 amide bonds. The number of carbonyl (C=O) groups excluding carboxylic acids is 1. The molecule has 0 atom stereocenters. The van der Waals surface area contributed by atoms with Crippen LogP contribution < -0.4 is 0 Å². The Kier molecular flexibility index (Phi) is 3.35. The minimum atomic E-state index is 0.314. The number of allylic oxidation sites excluding steroid dienone is 1. The van der Waals surface area contributed by atoms with Gasteiger partial charge in [-0.05, 0) is 12.1 Å². The molecule has 5 heteroatoms. The summed E-state index contributed by atoms with van der Waals surface area (Å²) in [6.45, 7) is 4.14. The molecule has 0 saturated carbocycles. The van der Waals surface area contributed by atoms with Crippen molar-refractivity contribution < 1.29 is 4.79 Å². The van der Waals surface area contributed by atoms with Gasteiger partial charge in [0.25, 0.3) is 0 Å². The average molecular weight is 248 g/mol. The van der Waals surface area contributed by atoms with Gasteiger partial charge in [0.15, 0.2) is 12.0 Å². The lowest BCUT2D eigenvalue weighted by molar-refractivity contribution is 0.111. The summed E-state index contributed by atoms with van der Waals surface area (Å²) in [6, 6.07) is 7.18. The van der Waals surface area contributed by atoms with Gasteiger partial charge in [-0.1, -0.05) is 35.0 Å². The van der Waals surface area contributed by atoms with Crippen LogP contribution in [-0.4, -0.2) is 21.3 Å². The first-order chi connectivity index (χ1) is 8.26. The minimum absolute atomic E-state index is 0.314. The van der Waals surface area contributed by atoms with E-state index in [1.165, 1.54) is 0 Å². The van der Waals surface area contributed by atoms with E-state index in [4.69, 9.17) is 11.6 Å². The molecule has 1 aromatic heterocycles. The fraction of sp³-hybridized carbons (Fsp3) is 0.0833. The van der Waals surface area contributed by atoms with Gasteiger partial charge in [-0.3, -0.25) is 4.79 Å². The van der Waals surface area contributed by atoms with Gasteiger partial charge in [-0.25, -0.2) is 4.68 Å². The number of rotatable bonds is 4. The summed E-state index contributed by atoms with van der Waals surface area (Å²) in [7, 11) is 0. The molecule has 0 aliphatic heterocycles. The highest BCUT2D eigenvalue weighted by molar-refractivity contribution is 6.30. The Morgan fingerprint density at radius 2 is 2.06 bits per heavy atom. The third-order valence-electron chi connectivity index (χ3n) is 2.29. The zero-order valence-electron chi connectivity index (χ0n) is 9.01. The molecule has 0 fully saturated rings. The number of halogens is 1. The standard InChI is InChI=1S/C12H10ClN3O/c1-2-7-16-12(11(8-17)14-15-16)9-3-5-10(13)6-4-9/h2-6,8H,1,7H2. The van der Waals surface area contributed by atoms with Crippen LogP contribution >= 0.6 is 11.6 Å². The summed E-state index contributed by atoms with van der Waals surface area (Å²) in [5.74, 6) is 0. The lowest BCUT2D eigenvalue weighted by Crippen LogP contribution is -2.00. The van der Waals surface area contributed by atoms with E-state index in [2.05, 4.69) is 16.9 Å². The molecule has 1 aromatic carbocycles. The van der Waals surface area contributed by atoms with Crippen molar-refractivity contribution in [3.63, 3.8) is 0 Å². The molecule has 86 valence electrons. The van der Waals surface area contributed by atoms with Gasteiger partial charge in [-0.15, -0.1) is 11.7 Å². The smallest absolute Gasteiger partial charge is 0.172 e. The molecule has 4 nitrogen and oxygen atoms in total. The quantitative estimate of drug-likeness (QED) is 0.616. The summed E-state index contributed by atoms with van der Waals surface area (Å²) in [5.41, 5.74) is 1.84. The van der Waals surface area contributed by atoms with E-state index < -0.39 is 0 Å². The number of aromatic nitrogens is 3. The third kappa shape index (κ3) is 2.26. The number of carbonyl (C=O) groups is 1. The zero-order chi connectivity index (χ0) is 12.3. The molecule has 0 spiro atoms. The fourth-order valence-corrected chi connectivity index (χ4v) is 1.69. The zero-order valence-corrected chi connectivity index (χ0v) is 9.76. The van der Waals surface area contributed by atoms with Crippen molar-refractivity contribution in [2.24, 2.45) is 0 Å². The largest absolute Gasteiger partial charge is 0.296 e. The molecule has 0 radical (unpaired) electrons. The van der Waals surface area contributed by atoms with Crippen molar-refractivity contribution in [3.05, 3.63) is 47.6 Å². The molecule has 0 aliphatic carbocycles. The predicted molar refractivity (Wildman–Crippen MR) is 66.1 cm³/mol. The van der Waals surface area contributed by atoms with Crippen LogP contribution in [-0.2, 0) is 6.54 Å². The van der Waals surface area contributed by atoms with E-state index in [-0.39, 0.29) is 0 Å². The normalized spacial score (nSPS) is 10.2. The van der Waals surface area contributed by atoms with E-state index in [9.17, 15) is 4.79 Å². The Morgan fingerprint density at radius 3 is 2.65 bits per heavy atom. The van der Waals surface area contributed by atoms with E-state index in [1.54, 1.807) is 22.9 Å². The molecule has 2 aromatic rings. The summed E-state index contributed by atoms with van der Waals surface area (Å²) in [4.78, 5) is 10.9. The first-order valence-electron chi connectivity index (χ1n) is 5.01. The van der Waals surface area contributed by atoms with Crippen LogP contribution in [0.5, 0.6) is 0 Å². The molecule has 0 saturated heterocycles. The van der Waals surface area contributed by atoms with Crippen LogP contribution in [0.4, 0.5) is 0 Å². The number of hydrogen-bond donors (Lipinski definition) is 0. The van der Waals surface area contributed by atoms with Gasteiger partial charge in [0, 0.05) is 10.6 Å². The Hall–Kier alpha value is -1.94. The van der Waals surface area contributed by atoms with E-state index in [0.29, 0.717) is 29.2 Å². The second-order valence-electron chi connectivity index (χ2n) is 3.42. The summed E-state index contributed by atoms with van der Waals surface area (Å²) in [6.07, 6.45) is 2.39. The molecular weight excluding hydrogens is 238 g/mol. The minimum Gasteiger partial charge on any atom is -0.296 e. The molecule has 0 aliphatic rings. The van der Waals surface area contributed by atoms with Crippen LogP contribution in [0.25, 0.3) is 11.3 Å². The monoisotopic (exact) mass is 247 g/mol. The van der Waals surface area contributed by atoms with Crippen molar-refractivity contribution in [2.75, 3.05) is 0 Å². The van der Waals surface area contributed by atoms with Crippen LogP contribution in [0, 0.1) is 0 Å². The van der Waals surface area contributed by atoms with Crippen LogP contribution in [0.1, 0.15) is 10.5 Å². The Balaban J connectivity index is 2.55. The van der Waals surface area contributed by atoms with Crippen LogP contribution in [0.3, 0.4) is 0 Å². The second kappa shape index (κ2) is 4.93. The third-order valence-corrected chi connectivity index (χ3v) is 2.54. The maximum Gasteiger partial charge on any atom is 0.172 e. The highest BCUT2D eigenvalue weighted by Gasteiger charge is 2.13. The molecule has 0 N–H and O–H groups in total. The van der Waals surface area contributed by atoms with E-state index in [0.717, 1.165) is 5.56 Å². The lowest BCUT2D eigenvalue weighted by atomic mass is 10.1. The number of aldehydes is 1. The van der Waals surface area contributed by atoms with E-state index >= 15 is 0 Å². The van der Waals surface area contributed by atoms with Crippen molar-refractivity contribution in [3.8, 4) is 11.3 Å². The summed E-state index contributed by atoms with van der Waals surface area (Å²) in [5, 5.41) is 8.37. The predicted octanol–water partition coefficient (Wildman–Crippen LogP) is 2.60. The maximum absolute atomic E-state index is 10.9. The van der Waals surface area contributed by atoms with Crippen molar-refractivity contribution in [1.82, 2.24) is 15.0 Å². The summed E-state index contributed by atoms with van der Waals surface area (Å²) >= 11 is 5.82. The molecular formula is C12H10ClN3O. The average Bonchev–Trinajstić information content (AvgIpc) is 2.74. The van der Waals surface area contributed by atoms with Gasteiger partial charge in [0.05, 0.1) is 12.2 Å². The second-order valence-corrected chi connectivity index (χ2v) is 3.86. The van der Waals surface area contributed by atoms with Gasteiger partial charge in [-0.2, -0.15) is 0 Å². The van der Waals surface area contributed by atoms with Crippen LogP contribution in [0.15, 0.2) is 36.9 Å². The number of benzene rings is 1. The number of nitrogens with zero attached hydrogens (tertiary/aromatic N) is 3. The molecule has 2 rings (SSSR count). The highest BCUT2D eigenvalue weighted by Crippen LogP contribution is 2.23. The molecule has 1 heterocycles. The van der Waals surface area contributed by atoms with Crippen LogP contribution in [0.2, 0.25) is 5.02 Å². The topological polar surface area (TPSA) is 47.8 Å². The Labute approximate surface area is 104 Å². The molecule has 0 unspecified atom stereocenters. The molecule has 0 bridgehead atoms. The van der Waals surface area contributed by atoms with Crippen molar-refractivity contribution >= 4 is 17.9 Å². The lowest BCUT2D eigenvalue weighted by Gasteiger charge is -2.04. The van der Waals surface area contributed by atoms with Crippen molar-refractivity contribution in [2.45, 2.75) is 6.54 Å². The SMILES string of the molecule is C=CCn1nnc(C=O)c1-c1ccc(Cl)cc1. The number of hydrogen-bond acceptors (Lipinski definition) is 3. The Morgan fingerprint density at radius 1 is 1.35 bits per heavy atom. The Bertz CT molecular complexity index is 545. The van der Waals surface area contributed by atoms with Crippen molar-refractivity contribution in [1.29, 1.82) is 0 Å². The first kappa shape index (κ1) is 11.5. The summed E-state index contributed by atoms with van der Waals surface area (Å²) < 4.78 is 1.62. The van der Waals surface area contributed by atoms with Gasteiger partial charge in [0.2, 0.25) is 0 Å². The van der Waals surface area contributed by atoms with Gasteiger partial charge < -0.3 is 0 Å². The van der Waals surface area contributed by atoms with Gasteiger partial charge >= 0.3 is 0 Å². The molecule has 17 heavy (non-hydrogen) atoms. The first-order valence-corrected chi connectivity index (χ1v) is 5.39. The fourth-order valence-electron chi connectivity index (χ4n) is 1.56.